The standard InChI is InChI=1S/C18H17BrO3/c19-17-9-14-7-4-8-15(14)16(10-20)18(17)22-12-21-11-13-5-2-1-3-6-13/h1-3,5-6,9-10H,4,7-8,11-12H2. The van der Waals surface area contributed by atoms with E-state index in [1.807, 2.05) is 30.3 Å². The zero-order chi connectivity index (χ0) is 15.4. The topological polar surface area (TPSA) is 35.5 Å². The predicted octanol–water partition coefficient (Wildman–Crippen LogP) is 4.30. The highest BCUT2D eigenvalue weighted by Gasteiger charge is 2.21. The first-order valence-corrected chi connectivity index (χ1v) is 8.13. The number of halogens is 1. The first-order valence-electron chi connectivity index (χ1n) is 7.33. The molecule has 1 aliphatic carbocycles. The molecule has 0 spiro atoms. The van der Waals surface area contributed by atoms with Crippen molar-refractivity contribution in [2.24, 2.45) is 0 Å². The van der Waals surface area contributed by atoms with Crippen LogP contribution in [0.4, 0.5) is 0 Å². The smallest absolute Gasteiger partial charge is 0.189 e. The van der Waals surface area contributed by atoms with Gasteiger partial charge in [-0.2, -0.15) is 0 Å². The van der Waals surface area contributed by atoms with Crippen molar-refractivity contribution in [3.05, 3.63) is 63.1 Å². The third-order valence-corrected chi connectivity index (χ3v) is 4.45. The molecule has 3 rings (SSSR count). The van der Waals surface area contributed by atoms with Crippen LogP contribution in [0.25, 0.3) is 0 Å². The fourth-order valence-corrected chi connectivity index (χ4v) is 3.43. The minimum absolute atomic E-state index is 0.118. The van der Waals surface area contributed by atoms with E-state index in [0.29, 0.717) is 17.9 Å². The van der Waals surface area contributed by atoms with E-state index in [1.165, 1.54) is 5.56 Å². The number of rotatable bonds is 6. The highest BCUT2D eigenvalue weighted by atomic mass is 79.9. The number of aldehydes is 1. The molecule has 3 nitrogen and oxygen atoms in total. The number of hydrogen-bond acceptors (Lipinski definition) is 3. The van der Waals surface area contributed by atoms with E-state index >= 15 is 0 Å². The van der Waals surface area contributed by atoms with Crippen molar-refractivity contribution in [1.29, 1.82) is 0 Å². The van der Waals surface area contributed by atoms with Crippen LogP contribution in [0.15, 0.2) is 40.9 Å². The predicted molar refractivity (Wildman–Crippen MR) is 88.3 cm³/mol. The molecule has 0 atom stereocenters. The van der Waals surface area contributed by atoms with Crippen LogP contribution in [0.1, 0.15) is 33.5 Å². The van der Waals surface area contributed by atoms with Gasteiger partial charge in [-0.15, -0.1) is 0 Å². The molecule has 0 saturated carbocycles. The number of carbonyl (C=O) groups excluding carboxylic acids is 1. The van der Waals surface area contributed by atoms with E-state index in [2.05, 4.69) is 22.0 Å². The van der Waals surface area contributed by atoms with E-state index in [-0.39, 0.29) is 6.79 Å². The van der Waals surface area contributed by atoms with Crippen molar-refractivity contribution in [2.45, 2.75) is 25.9 Å². The van der Waals surface area contributed by atoms with E-state index < -0.39 is 0 Å². The lowest BCUT2D eigenvalue weighted by molar-refractivity contribution is 0.00432. The summed E-state index contributed by atoms with van der Waals surface area (Å²) < 4.78 is 12.1. The van der Waals surface area contributed by atoms with Crippen molar-refractivity contribution >= 4 is 22.2 Å². The maximum absolute atomic E-state index is 11.5. The first-order chi connectivity index (χ1) is 10.8. The molecule has 0 saturated heterocycles. The molecule has 0 radical (unpaired) electrons. The van der Waals surface area contributed by atoms with Gasteiger partial charge in [-0.3, -0.25) is 4.79 Å². The Labute approximate surface area is 138 Å². The highest BCUT2D eigenvalue weighted by molar-refractivity contribution is 9.10. The third kappa shape index (κ3) is 3.23. The molecule has 1 aliphatic rings. The molecule has 0 amide bonds. The summed E-state index contributed by atoms with van der Waals surface area (Å²) in [6.45, 7) is 0.604. The lowest BCUT2D eigenvalue weighted by Gasteiger charge is -2.14. The second-order valence-corrected chi connectivity index (χ2v) is 6.16. The van der Waals surface area contributed by atoms with Gasteiger partial charge in [0, 0.05) is 0 Å². The molecule has 0 aliphatic heterocycles. The van der Waals surface area contributed by atoms with Gasteiger partial charge < -0.3 is 9.47 Å². The van der Waals surface area contributed by atoms with Crippen LogP contribution in [0.2, 0.25) is 0 Å². The summed E-state index contributed by atoms with van der Waals surface area (Å²) >= 11 is 3.50. The summed E-state index contributed by atoms with van der Waals surface area (Å²) in [5.74, 6) is 0.587. The van der Waals surface area contributed by atoms with Crippen LogP contribution in [-0.4, -0.2) is 13.1 Å². The lowest BCUT2D eigenvalue weighted by atomic mass is 10.0. The number of carbonyl (C=O) groups is 1. The normalized spacial score (nSPS) is 13.0. The Hall–Kier alpha value is -1.65. The van der Waals surface area contributed by atoms with Crippen LogP contribution in [-0.2, 0) is 24.2 Å². The minimum atomic E-state index is 0.118. The molecule has 0 aromatic heterocycles. The van der Waals surface area contributed by atoms with Crippen LogP contribution in [0.5, 0.6) is 5.75 Å². The Bertz CT molecular complexity index is 668. The summed E-state index contributed by atoms with van der Waals surface area (Å²) in [4.78, 5) is 11.5. The van der Waals surface area contributed by atoms with Crippen molar-refractivity contribution in [1.82, 2.24) is 0 Å². The van der Waals surface area contributed by atoms with Crippen molar-refractivity contribution in [3.8, 4) is 5.75 Å². The maximum Gasteiger partial charge on any atom is 0.189 e. The summed E-state index contributed by atoms with van der Waals surface area (Å²) in [6.07, 6.45) is 3.95. The van der Waals surface area contributed by atoms with Crippen LogP contribution < -0.4 is 4.74 Å². The van der Waals surface area contributed by atoms with Crippen LogP contribution in [0, 0.1) is 0 Å². The number of aryl methyl sites for hydroxylation is 1. The van der Waals surface area contributed by atoms with Crippen molar-refractivity contribution in [2.75, 3.05) is 6.79 Å². The Kier molecular flexibility index (Phi) is 4.90. The molecular weight excluding hydrogens is 344 g/mol. The highest BCUT2D eigenvalue weighted by Crippen LogP contribution is 2.37. The van der Waals surface area contributed by atoms with Gasteiger partial charge in [-0.05, 0) is 57.9 Å². The number of ether oxygens (including phenoxy) is 2. The Morgan fingerprint density at radius 2 is 2.00 bits per heavy atom. The first kappa shape index (κ1) is 15.3. The molecular formula is C18H17BrO3. The zero-order valence-electron chi connectivity index (χ0n) is 12.2. The van der Waals surface area contributed by atoms with Crippen LogP contribution >= 0.6 is 15.9 Å². The molecule has 2 aromatic rings. The number of hydrogen-bond donors (Lipinski definition) is 0. The van der Waals surface area contributed by atoms with Crippen molar-refractivity contribution < 1.29 is 14.3 Å². The molecule has 22 heavy (non-hydrogen) atoms. The summed E-state index contributed by atoms with van der Waals surface area (Å²) in [6, 6.07) is 12.0. The monoisotopic (exact) mass is 360 g/mol. The lowest BCUT2D eigenvalue weighted by Crippen LogP contribution is -2.07. The van der Waals surface area contributed by atoms with Gasteiger partial charge in [-0.25, -0.2) is 0 Å². The average Bonchev–Trinajstić information content (AvgIpc) is 3.00. The van der Waals surface area contributed by atoms with Gasteiger partial charge in [0.25, 0.3) is 0 Å². The Morgan fingerprint density at radius 1 is 1.18 bits per heavy atom. The van der Waals surface area contributed by atoms with Crippen molar-refractivity contribution in [3.63, 3.8) is 0 Å². The largest absolute Gasteiger partial charge is 0.466 e. The van der Waals surface area contributed by atoms with Crippen LogP contribution in [0.3, 0.4) is 0 Å². The molecule has 0 unspecified atom stereocenters. The molecule has 0 bridgehead atoms. The quantitative estimate of drug-likeness (QED) is 0.437. The van der Waals surface area contributed by atoms with Gasteiger partial charge in [0.1, 0.15) is 5.75 Å². The fourth-order valence-electron chi connectivity index (χ4n) is 2.82. The fraction of sp³-hybridized carbons (Fsp3) is 0.278. The minimum Gasteiger partial charge on any atom is -0.466 e. The molecule has 0 heterocycles. The SMILES string of the molecule is O=Cc1c2c(cc(Br)c1OCOCc1ccccc1)CCC2. The third-order valence-electron chi connectivity index (χ3n) is 3.86. The zero-order valence-corrected chi connectivity index (χ0v) is 13.8. The van der Waals surface area contributed by atoms with E-state index in [9.17, 15) is 4.79 Å². The summed E-state index contributed by atoms with van der Waals surface area (Å²) in [5.41, 5.74) is 4.11. The molecule has 0 fully saturated rings. The van der Waals surface area contributed by atoms with Gasteiger partial charge in [0.05, 0.1) is 16.6 Å². The Morgan fingerprint density at radius 3 is 2.77 bits per heavy atom. The van der Waals surface area contributed by atoms with Gasteiger partial charge >= 0.3 is 0 Å². The molecule has 0 N–H and O–H groups in total. The van der Waals surface area contributed by atoms with Gasteiger partial charge in [0.2, 0.25) is 0 Å². The number of fused-ring (bicyclic) bond motifs is 1. The van der Waals surface area contributed by atoms with Gasteiger partial charge in [-0.1, -0.05) is 30.3 Å². The van der Waals surface area contributed by atoms with E-state index in [0.717, 1.165) is 41.1 Å². The number of benzene rings is 2. The molecule has 114 valence electrons. The summed E-state index contributed by atoms with van der Waals surface area (Å²) in [5, 5.41) is 0. The van der Waals surface area contributed by atoms with E-state index in [4.69, 9.17) is 9.47 Å². The second-order valence-electron chi connectivity index (χ2n) is 5.31. The molecule has 4 heteroatoms. The average molecular weight is 361 g/mol. The molecule has 2 aromatic carbocycles. The summed E-state index contributed by atoms with van der Waals surface area (Å²) in [7, 11) is 0. The second kappa shape index (κ2) is 7.07. The maximum atomic E-state index is 11.5. The van der Waals surface area contributed by atoms with Gasteiger partial charge in [0.15, 0.2) is 13.1 Å². The van der Waals surface area contributed by atoms with E-state index in [1.54, 1.807) is 0 Å². The Balaban J connectivity index is 1.66.